The number of hydrogen-bond acceptors (Lipinski definition) is 6. The molecule has 0 bridgehead atoms. The molecule has 0 aliphatic rings. The van der Waals surface area contributed by atoms with Gasteiger partial charge in [-0.1, -0.05) is 11.6 Å². The highest BCUT2D eigenvalue weighted by Gasteiger charge is 2.18. The number of phenols is 2. The molecule has 9 nitrogen and oxygen atoms in total. The van der Waals surface area contributed by atoms with E-state index in [1.807, 2.05) is 0 Å². The standard InChI is InChI=1S/C24H22ClN3O6/c1-12(29)26-15-4-7-22(32)18(8-15)19-9-16(27-13(2)30)10-23(24(19)33)34-17-5-6-21(20(25)11-17)28-14(3)31/h4-11,32-33H,1-3H3,(H,26,29)(H,27,30)(H,28,31). The minimum atomic E-state index is -0.360. The monoisotopic (exact) mass is 483 g/mol. The van der Waals surface area contributed by atoms with E-state index in [1.54, 1.807) is 0 Å². The molecule has 0 saturated carbocycles. The predicted octanol–water partition coefficient (Wildman–Crippen LogP) is 5.09. The second kappa shape index (κ2) is 10.1. The Morgan fingerprint density at radius 3 is 2.00 bits per heavy atom. The molecule has 0 aliphatic carbocycles. The van der Waals surface area contributed by atoms with Crippen molar-refractivity contribution >= 4 is 46.4 Å². The number of hydrogen-bond donors (Lipinski definition) is 5. The van der Waals surface area contributed by atoms with Crippen molar-refractivity contribution < 1.29 is 29.3 Å². The van der Waals surface area contributed by atoms with Crippen LogP contribution < -0.4 is 20.7 Å². The number of halogens is 1. The molecule has 0 heterocycles. The maximum Gasteiger partial charge on any atom is 0.221 e. The van der Waals surface area contributed by atoms with Gasteiger partial charge in [0.15, 0.2) is 11.5 Å². The number of nitrogens with one attached hydrogen (secondary N) is 3. The lowest BCUT2D eigenvalue weighted by Crippen LogP contribution is -2.07. The fourth-order valence-corrected chi connectivity index (χ4v) is 3.39. The van der Waals surface area contributed by atoms with Gasteiger partial charge in [0.2, 0.25) is 17.7 Å². The molecular formula is C24H22ClN3O6. The van der Waals surface area contributed by atoms with Crippen molar-refractivity contribution in [1.82, 2.24) is 0 Å². The summed E-state index contributed by atoms with van der Waals surface area (Å²) in [6, 6.07) is 11.7. The van der Waals surface area contributed by atoms with Gasteiger partial charge in [-0.25, -0.2) is 0 Å². The van der Waals surface area contributed by atoms with Crippen LogP contribution in [0.2, 0.25) is 5.02 Å². The molecule has 3 aromatic rings. The van der Waals surface area contributed by atoms with Gasteiger partial charge in [0.25, 0.3) is 0 Å². The second-order valence-electron chi connectivity index (χ2n) is 7.39. The molecule has 0 unspecified atom stereocenters. The van der Waals surface area contributed by atoms with Gasteiger partial charge in [-0.2, -0.15) is 0 Å². The van der Waals surface area contributed by atoms with Gasteiger partial charge in [0.1, 0.15) is 11.5 Å². The first-order valence-corrected chi connectivity index (χ1v) is 10.4. The Labute approximate surface area is 200 Å². The van der Waals surface area contributed by atoms with E-state index in [0.29, 0.717) is 17.1 Å². The zero-order chi connectivity index (χ0) is 25.0. The van der Waals surface area contributed by atoms with Crippen molar-refractivity contribution in [3.63, 3.8) is 0 Å². The van der Waals surface area contributed by atoms with Gasteiger partial charge in [-0.05, 0) is 36.4 Å². The molecule has 0 atom stereocenters. The summed E-state index contributed by atoms with van der Waals surface area (Å²) in [5.74, 6) is -1.24. The van der Waals surface area contributed by atoms with Gasteiger partial charge < -0.3 is 30.9 Å². The van der Waals surface area contributed by atoms with Crippen LogP contribution in [0.25, 0.3) is 11.1 Å². The van der Waals surface area contributed by atoms with E-state index in [0.717, 1.165) is 0 Å². The first-order valence-electron chi connectivity index (χ1n) is 10.0. The summed E-state index contributed by atoms with van der Waals surface area (Å²) in [4.78, 5) is 34.4. The fraction of sp³-hybridized carbons (Fsp3) is 0.125. The van der Waals surface area contributed by atoms with Crippen LogP contribution in [0.4, 0.5) is 17.1 Å². The smallest absolute Gasteiger partial charge is 0.221 e. The molecule has 0 aliphatic heterocycles. The molecule has 34 heavy (non-hydrogen) atoms. The Morgan fingerprint density at radius 2 is 1.38 bits per heavy atom. The molecule has 0 spiro atoms. The van der Waals surface area contributed by atoms with Crippen LogP contribution in [0, 0.1) is 0 Å². The minimum absolute atomic E-state index is 0.0334. The van der Waals surface area contributed by atoms with E-state index >= 15 is 0 Å². The second-order valence-corrected chi connectivity index (χ2v) is 7.80. The van der Waals surface area contributed by atoms with Crippen LogP contribution in [0.5, 0.6) is 23.0 Å². The molecule has 0 saturated heterocycles. The Morgan fingerprint density at radius 1 is 0.765 bits per heavy atom. The van der Waals surface area contributed by atoms with Gasteiger partial charge in [0.05, 0.1) is 10.7 Å². The molecule has 0 radical (unpaired) electrons. The predicted molar refractivity (Wildman–Crippen MR) is 130 cm³/mol. The Balaban J connectivity index is 2.08. The van der Waals surface area contributed by atoms with Crippen LogP contribution in [-0.2, 0) is 14.4 Å². The third-order valence-corrected chi connectivity index (χ3v) is 4.79. The molecule has 3 aromatic carbocycles. The number of carbonyl (C=O) groups is 3. The van der Waals surface area contributed by atoms with Crippen LogP contribution in [0.3, 0.4) is 0 Å². The molecule has 0 fully saturated rings. The van der Waals surface area contributed by atoms with Crippen molar-refractivity contribution in [3.05, 3.63) is 53.6 Å². The average molecular weight is 484 g/mol. The third kappa shape index (κ3) is 5.96. The molecule has 3 amide bonds. The summed E-state index contributed by atoms with van der Waals surface area (Å²) in [6.07, 6.45) is 0. The Kier molecular flexibility index (Phi) is 7.28. The highest BCUT2D eigenvalue weighted by Crippen LogP contribution is 2.45. The number of aromatic hydroxyl groups is 2. The van der Waals surface area contributed by atoms with E-state index in [2.05, 4.69) is 16.0 Å². The van der Waals surface area contributed by atoms with Crippen LogP contribution >= 0.6 is 11.6 Å². The summed E-state index contributed by atoms with van der Waals surface area (Å²) >= 11 is 6.20. The molecule has 10 heteroatoms. The van der Waals surface area contributed by atoms with E-state index in [1.165, 1.54) is 69.3 Å². The first kappa shape index (κ1) is 24.4. The average Bonchev–Trinajstić information content (AvgIpc) is 2.73. The van der Waals surface area contributed by atoms with Gasteiger partial charge >= 0.3 is 0 Å². The number of anilines is 3. The number of carbonyl (C=O) groups excluding carboxylic acids is 3. The van der Waals surface area contributed by atoms with Crippen molar-refractivity contribution in [2.75, 3.05) is 16.0 Å². The first-order chi connectivity index (χ1) is 16.0. The lowest BCUT2D eigenvalue weighted by Gasteiger charge is -2.16. The maximum atomic E-state index is 11.7. The number of ether oxygens (including phenoxy) is 1. The van der Waals surface area contributed by atoms with E-state index in [9.17, 15) is 24.6 Å². The summed E-state index contributed by atoms with van der Waals surface area (Å²) in [7, 11) is 0. The van der Waals surface area contributed by atoms with Gasteiger partial charge in [-0.15, -0.1) is 0 Å². The summed E-state index contributed by atoms with van der Waals surface area (Å²) in [6.45, 7) is 4.02. The normalized spacial score (nSPS) is 10.4. The van der Waals surface area contributed by atoms with Crippen molar-refractivity contribution in [3.8, 4) is 34.1 Å². The van der Waals surface area contributed by atoms with Crippen molar-refractivity contribution in [2.45, 2.75) is 20.8 Å². The lowest BCUT2D eigenvalue weighted by atomic mass is 10.0. The molecule has 0 aromatic heterocycles. The summed E-state index contributed by atoms with van der Waals surface area (Å²) < 4.78 is 5.82. The van der Waals surface area contributed by atoms with Gasteiger partial charge in [-0.3, -0.25) is 14.4 Å². The number of rotatable bonds is 6. The van der Waals surface area contributed by atoms with Crippen LogP contribution in [0.1, 0.15) is 20.8 Å². The van der Waals surface area contributed by atoms with E-state index < -0.39 is 0 Å². The number of benzene rings is 3. The zero-order valence-corrected chi connectivity index (χ0v) is 19.3. The van der Waals surface area contributed by atoms with E-state index in [-0.39, 0.29) is 56.9 Å². The lowest BCUT2D eigenvalue weighted by molar-refractivity contribution is -0.115. The summed E-state index contributed by atoms with van der Waals surface area (Å²) in [5.41, 5.74) is 1.41. The largest absolute Gasteiger partial charge is 0.507 e. The Hall–Kier alpha value is -4.24. The van der Waals surface area contributed by atoms with Crippen molar-refractivity contribution in [1.29, 1.82) is 0 Å². The quantitative estimate of drug-likeness (QED) is 0.310. The molecule has 176 valence electrons. The van der Waals surface area contributed by atoms with Crippen molar-refractivity contribution in [2.24, 2.45) is 0 Å². The van der Waals surface area contributed by atoms with Crippen LogP contribution in [-0.4, -0.2) is 27.9 Å². The summed E-state index contributed by atoms with van der Waals surface area (Å²) in [5, 5.41) is 29.4. The third-order valence-electron chi connectivity index (χ3n) is 4.48. The highest BCUT2D eigenvalue weighted by atomic mass is 35.5. The zero-order valence-electron chi connectivity index (χ0n) is 18.5. The van der Waals surface area contributed by atoms with Crippen LogP contribution in [0.15, 0.2) is 48.5 Å². The topological polar surface area (TPSA) is 137 Å². The maximum absolute atomic E-state index is 11.7. The fourth-order valence-electron chi connectivity index (χ4n) is 3.18. The van der Waals surface area contributed by atoms with E-state index in [4.69, 9.17) is 16.3 Å². The molecular weight excluding hydrogens is 462 g/mol. The Bertz CT molecular complexity index is 1290. The highest BCUT2D eigenvalue weighted by molar-refractivity contribution is 6.33. The SMILES string of the molecule is CC(=O)Nc1ccc(O)c(-c2cc(NC(C)=O)cc(Oc3ccc(NC(C)=O)c(Cl)c3)c2O)c1. The minimum Gasteiger partial charge on any atom is -0.507 e. The molecule has 3 rings (SSSR count). The molecule has 5 N–H and O–H groups in total. The number of phenolic OH excluding ortho intramolecular Hbond substituents is 2. The van der Waals surface area contributed by atoms with Gasteiger partial charge in [0, 0.05) is 55.4 Å². The number of amides is 3.